The fourth-order valence-electron chi connectivity index (χ4n) is 2.39. The topological polar surface area (TPSA) is 69.6 Å². The first-order chi connectivity index (χ1) is 7.13. The molecule has 0 amide bonds. The van der Waals surface area contributed by atoms with Gasteiger partial charge in [0.15, 0.2) is 0 Å². The first-order valence-electron chi connectivity index (χ1n) is 5.44. The summed E-state index contributed by atoms with van der Waals surface area (Å²) in [7, 11) is -3.14. The maximum absolute atomic E-state index is 11.9. The molecule has 2 fully saturated rings. The third-order valence-electron chi connectivity index (χ3n) is 3.24. The molecule has 2 aliphatic heterocycles. The molecule has 0 aromatic carbocycles. The number of aliphatic hydroxyl groups is 1. The van der Waals surface area contributed by atoms with Crippen LogP contribution in [0, 0.1) is 5.92 Å². The Morgan fingerprint density at radius 3 is 2.93 bits per heavy atom. The van der Waals surface area contributed by atoms with E-state index in [0.717, 1.165) is 19.4 Å². The van der Waals surface area contributed by atoms with Crippen LogP contribution in [0.4, 0.5) is 0 Å². The third kappa shape index (κ3) is 2.33. The van der Waals surface area contributed by atoms with Gasteiger partial charge in [-0.15, -0.1) is 0 Å². The van der Waals surface area contributed by atoms with E-state index in [1.165, 1.54) is 4.31 Å². The van der Waals surface area contributed by atoms with Gasteiger partial charge in [-0.1, -0.05) is 0 Å². The summed E-state index contributed by atoms with van der Waals surface area (Å²) >= 11 is 0. The summed E-state index contributed by atoms with van der Waals surface area (Å²) < 4.78 is 25.3. The zero-order chi connectivity index (χ0) is 10.9. The van der Waals surface area contributed by atoms with Crippen LogP contribution in [0.25, 0.3) is 0 Å². The van der Waals surface area contributed by atoms with E-state index in [0.29, 0.717) is 19.0 Å². The second-order valence-corrected chi connectivity index (χ2v) is 6.43. The Morgan fingerprint density at radius 1 is 1.40 bits per heavy atom. The largest absolute Gasteiger partial charge is 0.395 e. The molecule has 3 atom stereocenters. The zero-order valence-corrected chi connectivity index (χ0v) is 9.54. The Hall–Kier alpha value is -0.170. The molecular weight excluding hydrogens is 216 g/mol. The van der Waals surface area contributed by atoms with Crippen molar-refractivity contribution in [3.63, 3.8) is 0 Å². The molecule has 88 valence electrons. The Bertz CT molecular complexity index is 317. The van der Waals surface area contributed by atoms with Crippen molar-refractivity contribution >= 4 is 10.0 Å². The highest BCUT2D eigenvalue weighted by atomic mass is 32.2. The van der Waals surface area contributed by atoms with Gasteiger partial charge in [-0.2, -0.15) is 4.31 Å². The van der Waals surface area contributed by atoms with Crippen LogP contribution in [0.15, 0.2) is 0 Å². The fourth-order valence-corrected chi connectivity index (χ4v) is 4.18. The average Bonchev–Trinajstić information content (AvgIpc) is 2.47. The zero-order valence-electron chi connectivity index (χ0n) is 8.72. The van der Waals surface area contributed by atoms with Gasteiger partial charge in [0.2, 0.25) is 10.0 Å². The summed E-state index contributed by atoms with van der Waals surface area (Å²) in [5.41, 5.74) is 0. The average molecular weight is 234 g/mol. The van der Waals surface area contributed by atoms with Crippen LogP contribution >= 0.6 is 0 Å². The number of aliphatic hydroxyl groups excluding tert-OH is 1. The summed E-state index contributed by atoms with van der Waals surface area (Å²) in [5.74, 6) is 0.638. The van der Waals surface area contributed by atoms with Crippen LogP contribution in [-0.4, -0.2) is 55.9 Å². The number of rotatable bonds is 1. The van der Waals surface area contributed by atoms with Crippen LogP contribution in [0.5, 0.6) is 0 Å². The second-order valence-electron chi connectivity index (χ2n) is 4.39. The molecule has 15 heavy (non-hydrogen) atoms. The lowest BCUT2D eigenvalue weighted by molar-refractivity contribution is 0.189. The van der Waals surface area contributed by atoms with Crippen LogP contribution in [-0.2, 0) is 10.0 Å². The van der Waals surface area contributed by atoms with E-state index < -0.39 is 10.0 Å². The molecule has 2 rings (SSSR count). The molecule has 1 unspecified atom stereocenters. The fraction of sp³-hybridized carbons (Fsp3) is 1.00. The Balaban J connectivity index is 2.27. The maximum atomic E-state index is 11.9. The lowest BCUT2D eigenvalue weighted by Crippen LogP contribution is -2.46. The van der Waals surface area contributed by atoms with E-state index in [1.807, 2.05) is 0 Å². The quantitative estimate of drug-likeness (QED) is 0.610. The molecule has 0 aromatic heterocycles. The van der Waals surface area contributed by atoms with Crippen molar-refractivity contribution in [3.05, 3.63) is 0 Å². The van der Waals surface area contributed by atoms with Gasteiger partial charge in [0.25, 0.3) is 0 Å². The molecule has 2 heterocycles. The normalized spacial score (nSPS) is 40.5. The van der Waals surface area contributed by atoms with E-state index in [1.54, 1.807) is 0 Å². The second kappa shape index (κ2) is 4.37. The molecule has 0 saturated carbocycles. The number of nitrogens with zero attached hydrogens (tertiary/aromatic N) is 1. The monoisotopic (exact) mass is 234 g/mol. The van der Waals surface area contributed by atoms with Gasteiger partial charge >= 0.3 is 0 Å². The minimum absolute atomic E-state index is 0.0983. The van der Waals surface area contributed by atoms with Crippen LogP contribution < -0.4 is 5.32 Å². The van der Waals surface area contributed by atoms with Crippen molar-refractivity contribution < 1.29 is 13.5 Å². The summed E-state index contributed by atoms with van der Waals surface area (Å²) in [6.45, 7) is 1.90. The van der Waals surface area contributed by atoms with Gasteiger partial charge < -0.3 is 10.4 Å². The van der Waals surface area contributed by atoms with Crippen LogP contribution in [0.2, 0.25) is 0 Å². The Labute approximate surface area is 90.5 Å². The van der Waals surface area contributed by atoms with E-state index >= 15 is 0 Å². The molecular formula is C9H18N2O3S. The predicted octanol–water partition coefficient (Wildman–Crippen LogP) is -1.01. The Morgan fingerprint density at radius 2 is 2.20 bits per heavy atom. The first kappa shape index (κ1) is 11.3. The highest BCUT2D eigenvalue weighted by Gasteiger charge is 2.35. The summed E-state index contributed by atoms with van der Waals surface area (Å²) in [5, 5.41) is 12.4. The van der Waals surface area contributed by atoms with E-state index in [-0.39, 0.29) is 18.4 Å². The molecule has 5 nitrogen and oxygen atoms in total. The number of hydrogen-bond donors (Lipinski definition) is 2. The van der Waals surface area contributed by atoms with Crippen molar-refractivity contribution in [3.8, 4) is 0 Å². The van der Waals surface area contributed by atoms with Gasteiger partial charge in [0.05, 0.1) is 18.4 Å². The predicted molar refractivity (Wildman–Crippen MR) is 57.0 cm³/mol. The van der Waals surface area contributed by atoms with Crippen LogP contribution in [0.1, 0.15) is 12.8 Å². The van der Waals surface area contributed by atoms with Crippen molar-refractivity contribution in [2.45, 2.75) is 18.9 Å². The van der Waals surface area contributed by atoms with E-state index in [2.05, 4.69) is 5.32 Å². The van der Waals surface area contributed by atoms with Gasteiger partial charge in [0, 0.05) is 13.1 Å². The number of sulfonamides is 1. The van der Waals surface area contributed by atoms with Crippen molar-refractivity contribution in [1.29, 1.82) is 0 Å². The molecule has 0 radical (unpaired) electrons. The molecule has 2 saturated heterocycles. The molecule has 2 aliphatic rings. The van der Waals surface area contributed by atoms with Crippen molar-refractivity contribution in [1.82, 2.24) is 9.62 Å². The van der Waals surface area contributed by atoms with Gasteiger partial charge in [-0.05, 0) is 25.3 Å². The smallest absolute Gasteiger partial charge is 0.214 e. The minimum Gasteiger partial charge on any atom is -0.395 e. The van der Waals surface area contributed by atoms with Crippen molar-refractivity contribution in [2.75, 3.05) is 32.0 Å². The molecule has 0 aromatic rings. The SMILES string of the molecule is O=S1(=O)CCC[C@H]2CNC[C@H](CO)N1C2. The summed E-state index contributed by atoms with van der Waals surface area (Å²) in [6, 6.07) is -0.280. The maximum Gasteiger partial charge on any atom is 0.214 e. The highest BCUT2D eigenvalue weighted by molar-refractivity contribution is 7.89. The van der Waals surface area contributed by atoms with E-state index in [9.17, 15) is 13.5 Å². The number of fused-ring (bicyclic) bond motifs is 2. The van der Waals surface area contributed by atoms with Gasteiger partial charge in [-0.25, -0.2) is 8.42 Å². The molecule has 2 bridgehead atoms. The summed E-state index contributed by atoms with van der Waals surface area (Å²) in [6.07, 6.45) is 1.70. The van der Waals surface area contributed by atoms with E-state index in [4.69, 9.17) is 0 Å². The standard InChI is InChI=1S/C9H18N2O3S/c12-7-9-5-10-4-8-2-1-3-15(13,14)11(9)6-8/h8-10,12H,1-7H2/t8-,9+/m0/s1. The molecule has 0 spiro atoms. The minimum atomic E-state index is -3.14. The van der Waals surface area contributed by atoms with Gasteiger partial charge in [-0.3, -0.25) is 0 Å². The first-order valence-corrected chi connectivity index (χ1v) is 7.05. The molecule has 6 heteroatoms. The molecule has 2 N–H and O–H groups in total. The third-order valence-corrected chi connectivity index (χ3v) is 5.21. The van der Waals surface area contributed by atoms with Crippen LogP contribution in [0.3, 0.4) is 0 Å². The highest BCUT2D eigenvalue weighted by Crippen LogP contribution is 2.22. The number of nitrogens with one attached hydrogen (secondary N) is 1. The molecule has 0 aliphatic carbocycles. The van der Waals surface area contributed by atoms with Gasteiger partial charge in [0.1, 0.15) is 0 Å². The van der Waals surface area contributed by atoms with Crippen molar-refractivity contribution in [2.24, 2.45) is 5.92 Å². The Kier molecular flexibility index (Phi) is 3.30. The summed E-state index contributed by atoms with van der Waals surface area (Å²) in [4.78, 5) is 0. The lowest BCUT2D eigenvalue weighted by atomic mass is 10.0. The number of hydrogen-bond acceptors (Lipinski definition) is 4. The lowest BCUT2D eigenvalue weighted by Gasteiger charge is -2.26.